The van der Waals surface area contributed by atoms with Gasteiger partial charge in [0.25, 0.3) is 0 Å². The van der Waals surface area contributed by atoms with Crippen LogP contribution in [0.5, 0.6) is 0 Å². The standard InChI is InChI=1S/C11H19N3O/c1-9-10(5-6-15-4)7-12-11(13-9)8-14(2)3/h7H,5-6,8H2,1-4H3. The van der Waals surface area contributed by atoms with E-state index in [1.807, 2.05) is 27.2 Å². The Hall–Kier alpha value is -1.00. The van der Waals surface area contributed by atoms with E-state index in [2.05, 4.69) is 14.9 Å². The van der Waals surface area contributed by atoms with Crippen LogP contribution in [0.1, 0.15) is 17.1 Å². The van der Waals surface area contributed by atoms with E-state index in [1.165, 1.54) is 5.56 Å². The van der Waals surface area contributed by atoms with Crippen molar-refractivity contribution in [2.75, 3.05) is 27.8 Å². The second-order valence-electron chi connectivity index (χ2n) is 3.88. The highest BCUT2D eigenvalue weighted by molar-refractivity contribution is 5.16. The Bertz CT molecular complexity index is 313. The Balaban J connectivity index is 2.69. The first-order valence-corrected chi connectivity index (χ1v) is 5.08. The lowest BCUT2D eigenvalue weighted by atomic mass is 10.2. The number of rotatable bonds is 5. The monoisotopic (exact) mass is 209 g/mol. The third-order valence-corrected chi connectivity index (χ3v) is 2.16. The van der Waals surface area contributed by atoms with Crippen molar-refractivity contribution >= 4 is 0 Å². The van der Waals surface area contributed by atoms with Crippen molar-refractivity contribution in [2.45, 2.75) is 19.9 Å². The molecule has 84 valence electrons. The van der Waals surface area contributed by atoms with Crippen LogP contribution in [0.25, 0.3) is 0 Å². The zero-order valence-corrected chi connectivity index (χ0v) is 9.95. The molecule has 0 aliphatic heterocycles. The lowest BCUT2D eigenvalue weighted by Crippen LogP contribution is -2.14. The average Bonchev–Trinajstić information content (AvgIpc) is 2.15. The smallest absolute Gasteiger partial charge is 0.142 e. The molecule has 0 N–H and O–H groups in total. The quantitative estimate of drug-likeness (QED) is 0.726. The van der Waals surface area contributed by atoms with Gasteiger partial charge >= 0.3 is 0 Å². The number of aromatic nitrogens is 2. The van der Waals surface area contributed by atoms with Gasteiger partial charge in [-0.3, -0.25) is 0 Å². The van der Waals surface area contributed by atoms with E-state index < -0.39 is 0 Å². The third kappa shape index (κ3) is 3.93. The summed E-state index contributed by atoms with van der Waals surface area (Å²) < 4.78 is 5.03. The largest absolute Gasteiger partial charge is 0.384 e. The molecule has 0 aromatic carbocycles. The van der Waals surface area contributed by atoms with Crippen molar-refractivity contribution in [3.05, 3.63) is 23.3 Å². The van der Waals surface area contributed by atoms with Gasteiger partial charge in [0.2, 0.25) is 0 Å². The van der Waals surface area contributed by atoms with E-state index in [0.29, 0.717) is 0 Å². The molecule has 0 amide bonds. The maximum Gasteiger partial charge on any atom is 0.142 e. The summed E-state index contributed by atoms with van der Waals surface area (Å²) in [5, 5.41) is 0. The summed E-state index contributed by atoms with van der Waals surface area (Å²) in [4.78, 5) is 10.8. The Kier molecular flexibility index (Phi) is 4.65. The van der Waals surface area contributed by atoms with Crippen LogP contribution >= 0.6 is 0 Å². The molecule has 0 atom stereocenters. The molecule has 4 heteroatoms. The number of hydrogen-bond donors (Lipinski definition) is 0. The van der Waals surface area contributed by atoms with Crippen molar-refractivity contribution in [1.29, 1.82) is 0 Å². The van der Waals surface area contributed by atoms with Crippen LogP contribution < -0.4 is 0 Å². The Morgan fingerprint density at radius 1 is 1.40 bits per heavy atom. The van der Waals surface area contributed by atoms with E-state index in [4.69, 9.17) is 4.74 Å². The van der Waals surface area contributed by atoms with E-state index in [9.17, 15) is 0 Å². The molecule has 1 heterocycles. The first kappa shape index (κ1) is 12.1. The Morgan fingerprint density at radius 3 is 2.67 bits per heavy atom. The molecular weight excluding hydrogens is 190 g/mol. The number of aryl methyl sites for hydroxylation is 1. The van der Waals surface area contributed by atoms with Gasteiger partial charge in [-0.25, -0.2) is 9.97 Å². The molecule has 0 aliphatic rings. The molecule has 0 saturated carbocycles. The summed E-state index contributed by atoms with van der Waals surface area (Å²) in [6.07, 6.45) is 2.78. The molecule has 0 spiro atoms. The molecule has 0 unspecified atom stereocenters. The van der Waals surface area contributed by atoms with Crippen molar-refractivity contribution in [3.8, 4) is 0 Å². The molecule has 4 nitrogen and oxygen atoms in total. The van der Waals surface area contributed by atoms with Crippen LogP contribution in [0, 0.1) is 6.92 Å². The summed E-state index contributed by atoms with van der Waals surface area (Å²) in [6.45, 7) is 3.52. The first-order valence-electron chi connectivity index (χ1n) is 5.08. The molecule has 0 fully saturated rings. The highest BCUT2D eigenvalue weighted by Gasteiger charge is 2.03. The van der Waals surface area contributed by atoms with Gasteiger partial charge in [-0.05, 0) is 33.0 Å². The molecule has 1 rings (SSSR count). The minimum absolute atomic E-state index is 0.719. The predicted molar refractivity (Wildman–Crippen MR) is 59.7 cm³/mol. The first-order chi connectivity index (χ1) is 7.13. The third-order valence-electron chi connectivity index (χ3n) is 2.16. The fourth-order valence-corrected chi connectivity index (χ4v) is 1.36. The minimum atomic E-state index is 0.719. The number of hydrogen-bond acceptors (Lipinski definition) is 4. The van der Waals surface area contributed by atoms with Crippen LogP contribution in [0.2, 0.25) is 0 Å². The van der Waals surface area contributed by atoms with E-state index in [1.54, 1.807) is 7.11 Å². The maximum atomic E-state index is 5.03. The Labute approximate surface area is 91.3 Å². The maximum absolute atomic E-state index is 5.03. The summed E-state index contributed by atoms with van der Waals surface area (Å²) in [7, 11) is 5.73. The molecule has 0 radical (unpaired) electrons. The second kappa shape index (κ2) is 5.78. The second-order valence-corrected chi connectivity index (χ2v) is 3.88. The van der Waals surface area contributed by atoms with Gasteiger partial charge < -0.3 is 9.64 Å². The molecule has 0 saturated heterocycles. The van der Waals surface area contributed by atoms with E-state index in [-0.39, 0.29) is 0 Å². The highest BCUT2D eigenvalue weighted by atomic mass is 16.5. The van der Waals surface area contributed by atoms with Gasteiger partial charge in [0.1, 0.15) is 5.82 Å². The predicted octanol–water partition coefficient (Wildman–Crippen LogP) is 1.04. The van der Waals surface area contributed by atoms with Crippen LogP contribution in [0.15, 0.2) is 6.20 Å². The summed E-state index contributed by atoms with van der Waals surface area (Å²) in [5.41, 5.74) is 2.22. The fourth-order valence-electron chi connectivity index (χ4n) is 1.36. The van der Waals surface area contributed by atoms with Crippen LogP contribution in [0.3, 0.4) is 0 Å². The minimum Gasteiger partial charge on any atom is -0.384 e. The summed E-state index contributed by atoms with van der Waals surface area (Å²) >= 11 is 0. The number of nitrogens with zero attached hydrogens (tertiary/aromatic N) is 3. The number of methoxy groups -OCH3 is 1. The Morgan fingerprint density at radius 2 is 2.13 bits per heavy atom. The van der Waals surface area contributed by atoms with Crippen molar-refractivity contribution < 1.29 is 4.74 Å². The topological polar surface area (TPSA) is 38.2 Å². The molecule has 1 aromatic rings. The number of ether oxygens (including phenoxy) is 1. The SMILES string of the molecule is COCCc1cnc(CN(C)C)nc1C. The van der Waals surface area contributed by atoms with Gasteiger partial charge in [-0.15, -0.1) is 0 Å². The lowest BCUT2D eigenvalue weighted by Gasteiger charge is -2.10. The van der Waals surface area contributed by atoms with Crippen molar-refractivity contribution in [3.63, 3.8) is 0 Å². The summed E-state index contributed by atoms with van der Waals surface area (Å²) in [6, 6.07) is 0. The van der Waals surface area contributed by atoms with Crippen molar-refractivity contribution in [1.82, 2.24) is 14.9 Å². The zero-order valence-electron chi connectivity index (χ0n) is 9.95. The zero-order chi connectivity index (χ0) is 11.3. The van der Waals surface area contributed by atoms with Gasteiger partial charge in [0, 0.05) is 19.0 Å². The molecule has 1 aromatic heterocycles. The van der Waals surface area contributed by atoms with Crippen LogP contribution in [-0.2, 0) is 17.7 Å². The van der Waals surface area contributed by atoms with Gasteiger partial charge in [-0.1, -0.05) is 0 Å². The average molecular weight is 209 g/mol. The molecule has 15 heavy (non-hydrogen) atoms. The normalized spacial score (nSPS) is 11.0. The summed E-state index contributed by atoms with van der Waals surface area (Å²) in [5.74, 6) is 0.874. The van der Waals surface area contributed by atoms with Crippen molar-refractivity contribution in [2.24, 2.45) is 0 Å². The lowest BCUT2D eigenvalue weighted by molar-refractivity contribution is 0.202. The molecule has 0 aliphatic carbocycles. The molecular formula is C11H19N3O. The van der Waals surface area contributed by atoms with E-state index in [0.717, 1.165) is 31.1 Å². The fraction of sp³-hybridized carbons (Fsp3) is 0.636. The van der Waals surface area contributed by atoms with E-state index >= 15 is 0 Å². The van der Waals surface area contributed by atoms with Crippen LogP contribution in [0.4, 0.5) is 0 Å². The van der Waals surface area contributed by atoms with Crippen LogP contribution in [-0.4, -0.2) is 42.7 Å². The van der Waals surface area contributed by atoms with Gasteiger partial charge in [0.05, 0.1) is 13.2 Å². The van der Waals surface area contributed by atoms with Gasteiger partial charge in [-0.2, -0.15) is 0 Å². The molecule has 0 bridgehead atoms. The van der Waals surface area contributed by atoms with Gasteiger partial charge in [0.15, 0.2) is 0 Å². The highest BCUT2D eigenvalue weighted by Crippen LogP contribution is 2.06.